The molecule has 1 aliphatic rings. The van der Waals surface area contributed by atoms with E-state index in [1.807, 2.05) is 6.92 Å². The van der Waals surface area contributed by atoms with Crippen molar-refractivity contribution in [3.63, 3.8) is 0 Å². The monoisotopic (exact) mass is 304 g/mol. The van der Waals surface area contributed by atoms with Gasteiger partial charge >= 0.3 is 5.69 Å². The fraction of sp³-hybridized carbons (Fsp3) is 0.357. The molecule has 22 heavy (non-hydrogen) atoms. The van der Waals surface area contributed by atoms with E-state index in [0.29, 0.717) is 11.3 Å². The van der Waals surface area contributed by atoms with Crippen molar-refractivity contribution < 1.29 is 14.5 Å². The average molecular weight is 304 g/mol. The Morgan fingerprint density at radius 2 is 2.18 bits per heavy atom. The summed E-state index contributed by atoms with van der Waals surface area (Å²) in [5, 5.41) is 18.2. The molecule has 1 aromatic carbocycles. The number of carbonyl (C=O) groups is 2. The molecule has 0 saturated heterocycles. The average Bonchev–Trinajstić information content (AvgIpc) is 2.45. The maximum absolute atomic E-state index is 11.6. The minimum absolute atomic E-state index is 0.0335. The van der Waals surface area contributed by atoms with E-state index in [1.165, 1.54) is 13.0 Å². The number of hydrogen-bond donors (Lipinski definition) is 2. The number of nitrogens with zero attached hydrogens (tertiary/aromatic N) is 2. The molecular formula is C14H16N4O4. The summed E-state index contributed by atoms with van der Waals surface area (Å²) in [5.41, 5.74) is 3.41. The second-order valence-electron chi connectivity index (χ2n) is 5.08. The molecule has 0 fully saturated rings. The number of nitro benzene ring substituents is 1. The van der Waals surface area contributed by atoms with Crippen LogP contribution in [0.15, 0.2) is 17.2 Å². The minimum Gasteiger partial charge on any atom is -0.382 e. The van der Waals surface area contributed by atoms with Crippen molar-refractivity contribution in [1.82, 2.24) is 5.43 Å². The molecule has 1 amide bonds. The molecule has 116 valence electrons. The summed E-state index contributed by atoms with van der Waals surface area (Å²) < 4.78 is 0. The largest absolute Gasteiger partial charge is 0.382 e. The molecule has 1 atom stereocenters. The van der Waals surface area contributed by atoms with Crippen LogP contribution in [0.5, 0.6) is 0 Å². The highest BCUT2D eigenvalue weighted by atomic mass is 16.6. The first-order valence-corrected chi connectivity index (χ1v) is 6.73. The smallest absolute Gasteiger partial charge is 0.303 e. The quantitative estimate of drug-likeness (QED) is 0.499. The number of nitrogens with one attached hydrogen (secondary N) is 2. The van der Waals surface area contributed by atoms with E-state index in [9.17, 15) is 19.7 Å². The molecule has 8 nitrogen and oxygen atoms in total. The second-order valence-corrected chi connectivity index (χ2v) is 5.08. The van der Waals surface area contributed by atoms with E-state index in [0.717, 1.165) is 0 Å². The third kappa shape index (κ3) is 2.67. The number of ketones is 1. The molecule has 1 heterocycles. The highest BCUT2D eigenvalue weighted by molar-refractivity contribution is 6.12. The number of rotatable bonds is 4. The van der Waals surface area contributed by atoms with Gasteiger partial charge in [0.05, 0.1) is 16.2 Å². The van der Waals surface area contributed by atoms with Gasteiger partial charge in [0.25, 0.3) is 0 Å². The maximum Gasteiger partial charge on any atom is 0.303 e. The summed E-state index contributed by atoms with van der Waals surface area (Å²) in [5.74, 6) is -0.762. The van der Waals surface area contributed by atoms with Crippen molar-refractivity contribution in [1.29, 1.82) is 0 Å². The van der Waals surface area contributed by atoms with Gasteiger partial charge in [0.1, 0.15) is 5.69 Å². The summed E-state index contributed by atoms with van der Waals surface area (Å²) >= 11 is 0. The SMILES string of the molecule is CNc1c(C2=NNC(=O)CC2C)ccc(C(C)=O)c1[N+](=O)[O-]. The third-order valence-corrected chi connectivity index (χ3v) is 3.53. The van der Waals surface area contributed by atoms with E-state index in [-0.39, 0.29) is 41.0 Å². The van der Waals surface area contributed by atoms with Gasteiger partial charge < -0.3 is 5.32 Å². The van der Waals surface area contributed by atoms with Crippen molar-refractivity contribution >= 4 is 28.8 Å². The molecule has 0 spiro atoms. The number of amides is 1. The lowest BCUT2D eigenvalue weighted by Gasteiger charge is -2.21. The van der Waals surface area contributed by atoms with Crippen molar-refractivity contribution in [2.75, 3.05) is 12.4 Å². The van der Waals surface area contributed by atoms with E-state index >= 15 is 0 Å². The molecule has 0 radical (unpaired) electrons. The summed E-state index contributed by atoms with van der Waals surface area (Å²) in [6.07, 6.45) is 0.254. The zero-order valence-electron chi connectivity index (χ0n) is 12.5. The Labute approximate surface area is 126 Å². The predicted molar refractivity (Wildman–Crippen MR) is 81.1 cm³/mol. The second kappa shape index (κ2) is 5.92. The van der Waals surface area contributed by atoms with Crippen molar-refractivity contribution in [3.8, 4) is 0 Å². The van der Waals surface area contributed by atoms with Crippen LogP contribution in [0.2, 0.25) is 0 Å². The van der Waals surface area contributed by atoms with Crippen molar-refractivity contribution in [3.05, 3.63) is 33.4 Å². The third-order valence-electron chi connectivity index (χ3n) is 3.53. The Bertz CT molecular complexity index is 696. The molecule has 2 rings (SSSR count). The highest BCUT2D eigenvalue weighted by Gasteiger charge is 2.30. The van der Waals surface area contributed by atoms with Gasteiger partial charge in [-0.3, -0.25) is 19.7 Å². The van der Waals surface area contributed by atoms with Crippen molar-refractivity contribution in [2.45, 2.75) is 20.3 Å². The highest BCUT2D eigenvalue weighted by Crippen LogP contribution is 2.34. The fourth-order valence-electron chi connectivity index (χ4n) is 2.51. The van der Waals surface area contributed by atoms with Gasteiger partial charge in [-0.25, -0.2) is 5.43 Å². The Hall–Kier alpha value is -2.77. The Kier molecular flexibility index (Phi) is 4.20. The molecular weight excluding hydrogens is 288 g/mol. The van der Waals surface area contributed by atoms with E-state index < -0.39 is 4.92 Å². The lowest BCUT2D eigenvalue weighted by Crippen LogP contribution is -2.32. The van der Waals surface area contributed by atoms with Crippen LogP contribution < -0.4 is 10.7 Å². The predicted octanol–water partition coefficient (Wildman–Crippen LogP) is 1.70. The molecule has 0 aliphatic carbocycles. The van der Waals surface area contributed by atoms with E-state index in [2.05, 4.69) is 15.8 Å². The molecule has 1 aromatic rings. The van der Waals surface area contributed by atoms with Gasteiger partial charge in [-0.05, 0) is 19.1 Å². The first kappa shape index (κ1) is 15.6. The molecule has 2 N–H and O–H groups in total. The van der Waals surface area contributed by atoms with Crippen LogP contribution in [-0.2, 0) is 4.79 Å². The van der Waals surface area contributed by atoms with Gasteiger partial charge in [0, 0.05) is 24.9 Å². The summed E-state index contributed by atoms with van der Waals surface area (Å²) in [7, 11) is 1.54. The van der Waals surface area contributed by atoms with Gasteiger partial charge in [0.2, 0.25) is 5.91 Å². The number of hydrogen-bond acceptors (Lipinski definition) is 6. The Balaban J connectivity index is 2.68. The number of Topliss-reactive ketones (excluding diaryl/α,β-unsaturated/α-hetero) is 1. The minimum atomic E-state index is -0.585. The molecule has 0 bridgehead atoms. The number of anilines is 1. The van der Waals surface area contributed by atoms with Crippen LogP contribution in [0.25, 0.3) is 0 Å². The Morgan fingerprint density at radius 1 is 1.50 bits per heavy atom. The summed E-state index contributed by atoms with van der Waals surface area (Å²) in [4.78, 5) is 33.7. The summed E-state index contributed by atoms with van der Waals surface area (Å²) in [6.45, 7) is 3.10. The van der Waals surface area contributed by atoms with Crippen LogP contribution in [-0.4, -0.2) is 29.4 Å². The van der Waals surface area contributed by atoms with Crippen LogP contribution in [0, 0.1) is 16.0 Å². The number of nitro groups is 1. The van der Waals surface area contributed by atoms with Gasteiger partial charge in [0.15, 0.2) is 5.78 Å². The molecule has 1 aliphatic heterocycles. The first-order chi connectivity index (χ1) is 10.4. The standard InChI is InChI=1S/C14H16N4O4/c1-7-6-11(20)16-17-12(7)10-5-4-9(8(2)19)14(18(21)22)13(10)15-3/h4-5,7,15H,6H2,1-3H3,(H,16,20). The lowest BCUT2D eigenvalue weighted by molar-refractivity contribution is -0.384. The van der Waals surface area contributed by atoms with Gasteiger partial charge in [-0.1, -0.05) is 6.92 Å². The van der Waals surface area contributed by atoms with Gasteiger partial charge in [-0.2, -0.15) is 5.10 Å². The van der Waals surface area contributed by atoms with E-state index in [4.69, 9.17) is 0 Å². The normalized spacial score (nSPS) is 17.5. The fourth-order valence-corrected chi connectivity index (χ4v) is 2.51. The van der Waals surface area contributed by atoms with E-state index in [1.54, 1.807) is 13.1 Å². The first-order valence-electron chi connectivity index (χ1n) is 6.73. The Morgan fingerprint density at radius 3 is 2.68 bits per heavy atom. The number of benzene rings is 1. The van der Waals surface area contributed by atoms with Gasteiger partial charge in [-0.15, -0.1) is 0 Å². The number of hydrazone groups is 1. The summed E-state index contributed by atoms with van der Waals surface area (Å²) in [6, 6.07) is 3.03. The topological polar surface area (TPSA) is 114 Å². The van der Waals surface area contributed by atoms with Crippen LogP contribution in [0.3, 0.4) is 0 Å². The zero-order chi connectivity index (χ0) is 16.4. The molecule has 1 unspecified atom stereocenters. The van der Waals surface area contributed by atoms with Crippen molar-refractivity contribution in [2.24, 2.45) is 11.0 Å². The molecule has 0 aromatic heterocycles. The molecule has 0 saturated carbocycles. The maximum atomic E-state index is 11.6. The van der Waals surface area contributed by atoms with Crippen LogP contribution >= 0.6 is 0 Å². The van der Waals surface area contributed by atoms with Crippen LogP contribution in [0.1, 0.15) is 36.2 Å². The molecule has 8 heteroatoms. The zero-order valence-corrected chi connectivity index (χ0v) is 12.5. The van der Waals surface area contributed by atoms with Crippen LogP contribution in [0.4, 0.5) is 11.4 Å². The lowest BCUT2D eigenvalue weighted by atomic mass is 9.91. The number of carbonyl (C=O) groups excluding carboxylic acids is 2.